The van der Waals surface area contributed by atoms with Gasteiger partial charge in [-0.05, 0) is 48.7 Å². The fourth-order valence-corrected chi connectivity index (χ4v) is 2.00. The van der Waals surface area contributed by atoms with E-state index in [0.29, 0.717) is 17.4 Å². The molecule has 116 valence electrons. The van der Waals surface area contributed by atoms with Crippen molar-refractivity contribution in [3.8, 4) is 5.75 Å². The fraction of sp³-hybridized carbons (Fsp3) is 0.278. The lowest BCUT2D eigenvalue weighted by Gasteiger charge is -2.15. The van der Waals surface area contributed by atoms with Crippen LogP contribution in [0.4, 0.5) is 10.1 Å². The molecule has 0 aliphatic carbocycles. The van der Waals surface area contributed by atoms with Crippen LogP contribution in [-0.4, -0.2) is 12.0 Å². The third-order valence-electron chi connectivity index (χ3n) is 3.32. The molecule has 0 spiro atoms. The summed E-state index contributed by atoms with van der Waals surface area (Å²) in [6.45, 7) is 5.89. The predicted molar refractivity (Wildman–Crippen MR) is 85.7 cm³/mol. The lowest BCUT2D eigenvalue weighted by atomic mass is 10.0. The van der Waals surface area contributed by atoms with Crippen LogP contribution in [0.5, 0.6) is 5.75 Å². The maximum absolute atomic E-state index is 13.1. The molecule has 2 aromatic rings. The lowest BCUT2D eigenvalue weighted by Crippen LogP contribution is -2.30. The summed E-state index contributed by atoms with van der Waals surface area (Å²) in [5.41, 5.74) is 1.62. The van der Waals surface area contributed by atoms with E-state index in [4.69, 9.17) is 4.74 Å². The molecule has 0 aliphatic heterocycles. The second kappa shape index (κ2) is 7.07. The summed E-state index contributed by atoms with van der Waals surface area (Å²) in [7, 11) is 0. The average Bonchev–Trinajstić information content (AvgIpc) is 2.47. The monoisotopic (exact) mass is 301 g/mol. The number of hydrogen-bond acceptors (Lipinski definition) is 2. The molecule has 0 heterocycles. The molecular weight excluding hydrogens is 281 g/mol. The minimum atomic E-state index is -0.673. The number of ether oxygens (including phenoxy) is 1. The van der Waals surface area contributed by atoms with Crippen molar-refractivity contribution in [2.75, 3.05) is 5.32 Å². The highest BCUT2D eigenvalue weighted by Crippen LogP contribution is 2.19. The highest BCUT2D eigenvalue weighted by Gasteiger charge is 2.15. The van der Waals surface area contributed by atoms with Gasteiger partial charge in [0.25, 0.3) is 5.91 Å². The van der Waals surface area contributed by atoms with E-state index in [1.54, 1.807) is 19.1 Å². The molecule has 0 saturated carbocycles. The van der Waals surface area contributed by atoms with Crippen molar-refractivity contribution in [2.24, 2.45) is 0 Å². The van der Waals surface area contributed by atoms with Crippen molar-refractivity contribution in [1.29, 1.82) is 0 Å². The summed E-state index contributed by atoms with van der Waals surface area (Å²) in [6.07, 6.45) is -0.673. The van der Waals surface area contributed by atoms with Gasteiger partial charge in [-0.15, -0.1) is 0 Å². The van der Waals surface area contributed by atoms with Crippen LogP contribution in [0, 0.1) is 5.82 Å². The molecule has 0 aliphatic rings. The summed E-state index contributed by atoms with van der Waals surface area (Å²) in [5.74, 6) is 0.364. The Morgan fingerprint density at radius 2 is 1.77 bits per heavy atom. The molecule has 0 aromatic heterocycles. The summed E-state index contributed by atoms with van der Waals surface area (Å²) in [4.78, 5) is 12.0. The number of anilines is 1. The first-order valence-electron chi connectivity index (χ1n) is 7.29. The Labute approximate surface area is 130 Å². The zero-order valence-corrected chi connectivity index (χ0v) is 13.0. The smallest absolute Gasteiger partial charge is 0.265 e. The molecule has 1 N–H and O–H groups in total. The molecule has 0 radical (unpaired) electrons. The second-order valence-corrected chi connectivity index (χ2v) is 5.48. The van der Waals surface area contributed by atoms with Crippen molar-refractivity contribution >= 4 is 11.6 Å². The number of benzene rings is 2. The third kappa shape index (κ3) is 4.32. The Balaban J connectivity index is 1.96. The van der Waals surface area contributed by atoms with Crippen LogP contribution in [-0.2, 0) is 4.79 Å². The zero-order valence-electron chi connectivity index (χ0n) is 13.0. The topological polar surface area (TPSA) is 38.3 Å². The standard InChI is InChI=1S/C18H20FNO2/c1-12(2)14-7-9-17(10-8-14)22-13(3)18(21)20-16-6-4-5-15(19)11-16/h4-13H,1-3H3,(H,20,21). The molecule has 2 rings (SSSR count). The van der Waals surface area contributed by atoms with Gasteiger partial charge in [-0.25, -0.2) is 4.39 Å². The third-order valence-corrected chi connectivity index (χ3v) is 3.32. The van der Waals surface area contributed by atoms with Gasteiger partial charge >= 0.3 is 0 Å². The van der Waals surface area contributed by atoms with E-state index < -0.39 is 11.9 Å². The maximum Gasteiger partial charge on any atom is 0.265 e. The number of nitrogens with one attached hydrogen (secondary N) is 1. The molecule has 1 atom stereocenters. The average molecular weight is 301 g/mol. The minimum Gasteiger partial charge on any atom is -0.481 e. The van der Waals surface area contributed by atoms with Gasteiger partial charge in [0.15, 0.2) is 6.10 Å². The first kappa shape index (κ1) is 16.0. The van der Waals surface area contributed by atoms with Crippen molar-refractivity contribution in [3.05, 3.63) is 59.9 Å². The van der Waals surface area contributed by atoms with E-state index in [-0.39, 0.29) is 5.91 Å². The van der Waals surface area contributed by atoms with Crippen LogP contribution in [0.15, 0.2) is 48.5 Å². The van der Waals surface area contributed by atoms with Gasteiger partial charge in [-0.2, -0.15) is 0 Å². The van der Waals surface area contributed by atoms with Crippen molar-refractivity contribution in [1.82, 2.24) is 0 Å². The Kier molecular flexibility index (Phi) is 5.15. The maximum atomic E-state index is 13.1. The Hall–Kier alpha value is -2.36. The molecular formula is C18H20FNO2. The summed E-state index contributed by atoms with van der Waals surface area (Å²) in [6, 6.07) is 13.4. The number of halogens is 1. The molecule has 22 heavy (non-hydrogen) atoms. The van der Waals surface area contributed by atoms with Gasteiger partial charge in [0, 0.05) is 5.69 Å². The quantitative estimate of drug-likeness (QED) is 0.891. The van der Waals surface area contributed by atoms with Crippen LogP contribution in [0.2, 0.25) is 0 Å². The van der Waals surface area contributed by atoms with Gasteiger partial charge in [0.2, 0.25) is 0 Å². The lowest BCUT2D eigenvalue weighted by molar-refractivity contribution is -0.122. The minimum absolute atomic E-state index is 0.321. The van der Waals surface area contributed by atoms with Crippen LogP contribution in [0.25, 0.3) is 0 Å². The SMILES string of the molecule is CC(Oc1ccc(C(C)C)cc1)C(=O)Nc1cccc(F)c1. The number of rotatable bonds is 5. The predicted octanol–water partition coefficient (Wildman–Crippen LogP) is 4.36. The summed E-state index contributed by atoms with van der Waals surface area (Å²) >= 11 is 0. The highest BCUT2D eigenvalue weighted by atomic mass is 19.1. The molecule has 1 unspecified atom stereocenters. The Bertz CT molecular complexity index is 638. The Morgan fingerprint density at radius 3 is 2.36 bits per heavy atom. The second-order valence-electron chi connectivity index (χ2n) is 5.48. The molecule has 2 aromatic carbocycles. The van der Waals surface area contributed by atoms with E-state index in [9.17, 15) is 9.18 Å². The van der Waals surface area contributed by atoms with Gasteiger partial charge in [-0.1, -0.05) is 32.0 Å². The molecule has 0 fully saturated rings. The van der Waals surface area contributed by atoms with E-state index in [0.717, 1.165) is 0 Å². The number of hydrogen-bond donors (Lipinski definition) is 1. The number of carbonyl (C=O) groups excluding carboxylic acids is 1. The first-order chi connectivity index (χ1) is 10.5. The van der Waals surface area contributed by atoms with E-state index >= 15 is 0 Å². The Morgan fingerprint density at radius 1 is 1.09 bits per heavy atom. The molecule has 0 bridgehead atoms. The fourth-order valence-electron chi connectivity index (χ4n) is 2.00. The van der Waals surface area contributed by atoms with Crippen LogP contribution < -0.4 is 10.1 Å². The van der Waals surface area contributed by atoms with Gasteiger partial charge < -0.3 is 10.1 Å². The van der Waals surface area contributed by atoms with Crippen LogP contribution in [0.3, 0.4) is 0 Å². The van der Waals surface area contributed by atoms with Gasteiger partial charge in [-0.3, -0.25) is 4.79 Å². The van der Waals surface area contributed by atoms with Crippen molar-refractivity contribution < 1.29 is 13.9 Å². The number of carbonyl (C=O) groups is 1. The highest BCUT2D eigenvalue weighted by molar-refractivity contribution is 5.94. The first-order valence-corrected chi connectivity index (χ1v) is 7.29. The summed E-state index contributed by atoms with van der Waals surface area (Å²) < 4.78 is 18.7. The van der Waals surface area contributed by atoms with E-state index in [2.05, 4.69) is 19.2 Å². The van der Waals surface area contributed by atoms with Crippen LogP contribution >= 0.6 is 0 Å². The van der Waals surface area contributed by atoms with Crippen molar-refractivity contribution in [3.63, 3.8) is 0 Å². The molecule has 1 amide bonds. The molecule has 3 nitrogen and oxygen atoms in total. The number of amides is 1. The van der Waals surface area contributed by atoms with E-state index in [1.807, 2.05) is 24.3 Å². The summed E-state index contributed by atoms with van der Waals surface area (Å²) in [5, 5.41) is 2.63. The van der Waals surface area contributed by atoms with Gasteiger partial charge in [0.05, 0.1) is 0 Å². The largest absolute Gasteiger partial charge is 0.481 e. The zero-order chi connectivity index (χ0) is 16.1. The van der Waals surface area contributed by atoms with Crippen LogP contribution in [0.1, 0.15) is 32.3 Å². The molecule has 0 saturated heterocycles. The normalized spacial score (nSPS) is 12.0. The molecule has 4 heteroatoms. The van der Waals surface area contributed by atoms with Gasteiger partial charge in [0.1, 0.15) is 11.6 Å². The van der Waals surface area contributed by atoms with E-state index in [1.165, 1.54) is 17.7 Å². The van der Waals surface area contributed by atoms with Crippen molar-refractivity contribution in [2.45, 2.75) is 32.8 Å².